The third kappa shape index (κ3) is 2.92. The highest BCUT2D eigenvalue weighted by molar-refractivity contribution is 6.05. The number of hydrogen-bond donors (Lipinski definition) is 1. The number of piperidine rings is 2. The topological polar surface area (TPSA) is 73.0 Å². The second-order valence-corrected chi connectivity index (χ2v) is 9.89. The first kappa shape index (κ1) is 19.5. The van der Waals surface area contributed by atoms with Crippen LogP contribution in [0.3, 0.4) is 0 Å². The Hall–Kier alpha value is -2.48. The second-order valence-electron chi connectivity index (χ2n) is 9.89. The maximum atomic E-state index is 15.1. The molecule has 2 unspecified atom stereocenters. The van der Waals surface area contributed by atoms with Crippen molar-refractivity contribution < 1.29 is 18.8 Å². The Morgan fingerprint density at radius 1 is 1.10 bits per heavy atom. The van der Waals surface area contributed by atoms with E-state index in [9.17, 15) is 14.4 Å². The summed E-state index contributed by atoms with van der Waals surface area (Å²) < 4.78 is 15.1. The number of carbonyl (C=O) groups is 3. The molecule has 6 rings (SSSR count). The lowest BCUT2D eigenvalue weighted by Gasteiger charge is -2.60. The van der Waals surface area contributed by atoms with Crippen molar-refractivity contribution in [2.75, 3.05) is 18.0 Å². The molecule has 4 fully saturated rings. The molecule has 5 heterocycles. The predicted molar refractivity (Wildman–Crippen MR) is 108 cm³/mol. The van der Waals surface area contributed by atoms with E-state index in [1.807, 2.05) is 0 Å². The Kier molecular flexibility index (Phi) is 4.23. The third-order valence-corrected chi connectivity index (χ3v) is 7.01. The van der Waals surface area contributed by atoms with Crippen molar-refractivity contribution in [1.29, 1.82) is 0 Å². The van der Waals surface area contributed by atoms with Crippen molar-refractivity contribution in [3.05, 3.63) is 29.1 Å². The van der Waals surface area contributed by atoms with Gasteiger partial charge >= 0.3 is 0 Å². The van der Waals surface area contributed by atoms with Crippen LogP contribution in [0.5, 0.6) is 0 Å². The minimum absolute atomic E-state index is 0.0916. The van der Waals surface area contributed by atoms with E-state index in [0.717, 1.165) is 25.1 Å². The molecule has 3 atom stereocenters. The van der Waals surface area contributed by atoms with E-state index in [-0.39, 0.29) is 48.2 Å². The fourth-order valence-corrected chi connectivity index (χ4v) is 5.32. The maximum absolute atomic E-state index is 15.1. The van der Waals surface area contributed by atoms with E-state index in [0.29, 0.717) is 17.7 Å². The summed E-state index contributed by atoms with van der Waals surface area (Å²) in [6, 6.07) is 2.99. The molecule has 4 saturated heterocycles. The molecule has 1 aromatic carbocycles. The van der Waals surface area contributed by atoms with Gasteiger partial charge < -0.3 is 9.80 Å². The van der Waals surface area contributed by atoms with Gasteiger partial charge in [-0.1, -0.05) is 0 Å². The smallest absolute Gasteiger partial charge is 0.255 e. The number of hydrogen-bond acceptors (Lipinski definition) is 5. The Labute approximate surface area is 175 Å². The highest BCUT2D eigenvalue weighted by Crippen LogP contribution is 2.42. The van der Waals surface area contributed by atoms with Gasteiger partial charge in [0.15, 0.2) is 0 Å². The number of imide groups is 1. The van der Waals surface area contributed by atoms with E-state index in [2.05, 4.69) is 35.9 Å². The van der Waals surface area contributed by atoms with Crippen molar-refractivity contribution in [3.8, 4) is 0 Å². The second kappa shape index (κ2) is 6.51. The number of piperazine rings is 1. The van der Waals surface area contributed by atoms with Gasteiger partial charge in [-0.2, -0.15) is 0 Å². The molecule has 0 aliphatic carbocycles. The summed E-state index contributed by atoms with van der Waals surface area (Å²) in [5, 5.41) is 2.30. The summed E-state index contributed by atoms with van der Waals surface area (Å²) in [5.41, 5.74) is 1.72. The van der Waals surface area contributed by atoms with Crippen LogP contribution in [-0.2, 0) is 16.1 Å². The summed E-state index contributed by atoms with van der Waals surface area (Å²) in [6.45, 7) is 8.68. The molecule has 0 radical (unpaired) electrons. The first-order chi connectivity index (χ1) is 14.1. The lowest BCUT2D eigenvalue weighted by molar-refractivity contribution is -0.136. The van der Waals surface area contributed by atoms with Crippen LogP contribution in [0, 0.1) is 5.82 Å². The average molecular weight is 414 g/mol. The van der Waals surface area contributed by atoms with Gasteiger partial charge in [-0.15, -0.1) is 0 Å². The Morgan fingerprint density at radius 3 is 2.43 bits per heavy atom. The van der Waals surface area contributed by atoms with Crippen molar-refractivity contribution in [2.24, 2.45) is 0 Å². The first-order valence-electron chi connectivity index (χ1n) is 10.6. The van der Waals surface area contributed by atoms with Crippen LogP contribution in [-0.4, -0.2) is 64.3 Å². The Bertz CT molecular complexity index is 944. The van der Waals surface area contributed by atoms with Gasteiger partial charge in [-0.3, -0.25) is 24.6 Å². The lowest BCUT2D eigenvalue weighted by Crippen LogP contribution is -2.71. The SMILES string of the molecule is CC(C)(C)N1CC2CC(C1)N2c1cc2c(cc1F)C(=O)N([C@@H]1CCC(=O)NC1=O)C2. The van der Waals surface area contributed by atoms with E-state index < -0.39 is 11.9 Å². The average Bonchev–Trinajstić information content (AvgIpc) is 2.97. The zero-order valence-electron chi connectivity index (χ0n) is 17.6. The zero-order valence-corrected chi connectivity index (χ0v) is 17.6. The van der Waals surface area contributed by atoms with Gasteiger partial charge in [0, 0.05) is 49.2 Å². The van der Waals surface area contributed by atoms with Gasteiger partial charge in [-0.05, 0) is 51.3 Å². The number of carbonyl (C=O) groups excluding carboxylic acids is 3. The number of anilines is 1. The number of nitrogens with one attached hydrogen (secondary N) is 1. The standard InChI is InChI=1S/C22H27FN4O3/c1-22(2,3)25-10-13-7-14(11-25)27(13)18-6-12-9-26(21(30)15(12)8-16(18)23)17-4-5-19(28)24-20(17)29/h6,8,13-14,17H,4-5,7,9-11H2,1-3H3,(H,24,28,29)/t13?,14?,17-/m1/s1. The fourth-order valence-electron chi connectivity index (χ4n) is 5.32. The number of rotatable bonds is 2. The summed E-state index contributed by atoms with van der Waals surface area (Å²) in [4.78, 5) is 42.6. The van der Waals surface area contributed by atoms with E-state index in [4.69, 9.17) is 0 Å². The maximum Gasteiger partial charge on any atom is 0.255 e. The minimum atomic E-state index is -0.683. The molecule has 1 N–H and O–H groups in total. The molecule has 5 aliphatic rings. The van der Waals surface area contributed by atoms with Crippen molar-refractivity contribution in [3.63, 3.8) is 0 Å². The molecule has 5 aliphatic heterocycles. The predicted octanol–water partition coefficient (Wildman–Crippen LogP) is 1.65. The van der Waals surface area contributed by atoms with Gasteiger partial charge in [0.25, 0.3) is 5.91 Å². The van der Waals surface area contributed by atoms with Crippen molar-refractivity contribution >= 4 is 23.4 Å². The van der Waals surface area contributed by atoms with Gasteiger partial charge in [0.1, 0.15) is 11.9 Å². The minimum Gasteiger partial charge on any atom is -0.360 e. The number of amides is 3. The van der Waals surface area contributed by atoms with Crippen LogP contribution in [0.4, 0.5) is 10.1 Å². The number of fused-ring (bicyclic) bond motifs is 3. The Morgan fingerprint density at radius 2 is 1.80 bits per heavy atom. The number of benzene rings is 1. The Balaban J connectivity index is 1.38. The number of nitrogens with zero attached hydrogens (tertiary/aromatic N) is 3. The first-order valence-corrected chi connectivity index (χ1v) is 10.6. The summed E-state index contributed by atoms with van der Waals surface area (Å²) in [7, 11) is 0. The van der Waals surface area contributed by atoms with Gasteiger partial charge in [-0.25, -0.2) is 4.39 Å². The summed E-state index contributed by atoms with van der Waals surface area (Å²) in [6.07, 6.45) is 1.57. The van der Waals surface area contributed by atoms with E-state index in [1.165, 1.54) is 11.0 Å². The van der Waals surface area contributed by atoms with Crippen molar-refractivity contribution in [1.82, 2.24) is 15.1 Å². The molecule has 1 aromatic rings. The summed E-state index contributed by atoms with van der Waals surface area (Å²) in [5.74, 6) is -1.49. The van der Waals surface area contributed by atoms with Gasteiger partial charge in [0.2, 0.25) is 11.8 Å². The van der Waals surface area contributed by atoms with Crippen LogP contribution in [0.1, 0.15) is 56.0 Å². The van der Waals surface area contributed by atoms with E-state index in [1.54, 1.807) is 6.07 Å². The molecule has 0 saturated carbocycles. The molecular formula is C22H27FN4O3. The molecular weight excluding hydrogens is 387 g/mol. The molecule has 8 heteroatoms. The quantitative estimate of drug-likeness (QED) is 0.745. The summed E-state index contributed by atoms with van der Waals surface area (Å²) >= 11 is 0. The molecule has 0 aromatic heterocycles. The van der Waals surface area contributed by atoms with Crippen LogP contribution in [0.25, 0.3) is 0 Å². The molecule has 160 valence electrons. The lowest BCUT2D eigenvalue weighted by atomic mass is 9.84. The molecule has 30 heavy (non-hydrogen) atoms. The van der Waals surface area contributed by atoms with Crippen molar-refractivity contribution in [2.45, 2.75) is 70.2 Å². The number of halogens is 1. The molecule has 0 spiro atoms. The zero-order chi connectivity index (χ0) is 21.4. The monoisotopic (exact) mass is 414 g/mol. The normalized spacial score (nSPS) is 29.1. The van der Waals surface area contributed by atoms with Crippen LogP contribution in [0.2, 0.25) is 0 Å². The molecule has 2 bridgehead atoms. The third-order valence-electron chi connectivity index (χ3n) is 7.01. The molecule has 3 amide bonds. The van der Waals surface area contributed by atoms with Crippen LogP contribution in [0.15, 0.2) is 12.1 Å². The van der Waals surface area contributed by atoms with E-state index >= 15 is 4.39 Å². The van der Waals surface area contributed by atoms with Crippen LogP contribution >= 0.6 is 0 Å². The van der Waals surface area contributed by atoms with Gasteiger partial charge in [0.05, 0.1) is 5.69 Å². The largest absolute Gasteiger partial charge is 0.360 e. The highest BCUT2D eigenvalue weighted by atomic mass is 19.1. The fraction of sp³-hybridized carbons (Fsp3) is 0.591. The molecule has 7 nitrogen and oxygen atoms in total. The van der Waals surface area contributed by atoms with Crippen LogP contribution < -0.4 is 10.2 Å². The highest BCUT2D eigenvalue weighted by Gasteiger charge is 2.48.